The summed E-state index contributed by atoms with van der Waals surface area (Å²) < 4.78 is 0. The van der Waals surface area contributed by atoms with Crippen molar-refractivity contribution in [2.45, 2.75) is 39.5 Å². The molecule has 0 bridgehead atoms. The molecule has 3 nitrogen and oxygen atoms in total. The SMILES string of the molecule is CC(C)c1ccccc1N=C(c1ccccc1)c1cccc(C(=Nc2ccccc2C(C)C)c2ccccc2)n1.[Cl][Fe][Cl]. The number of para-hydroxylation sites is 2. The number of rotatable bonds is 8. The quantitative estimate of drug-likeness (QED) is 0.122. The first kappa shape index (κ1) is 32.4. The van der Waals surface area contributed by atoms with Crippen LogP contribution in [0.2, 0.25) is 0 Å². The molecule has 0 radical (unpaired) electrons. The Morgan fingerprint density at radius 2 is 0.860 bits per heavy atom. The molecule has 0 aliphatic heterocycles. The van der Waals surface area contributed by atoms with Gasteiger partial charge in [-0.05, 0) is 47.2 Å². The van der Waals surface area contributed by atoms with Gasteiger partial charge in [0.1, 0.15) is 0 Å². The van der Waals surface area contributed by atoms with Crippen LogP contribution in [0.15, 0.2) is 137 Å². The van der Waals surface area contributed by atoms with Gasteiger partial charge in [0.05, 0.1) is 34.2 Å². The van der Waals surface area contributed by atoms with E-state index in [1.54, 1.807) is 0 Å². The van der Waals surface area contributed by atoms with Crippen LogP contribution in [0.3, 0.4) is 0 Å². The van der Waals surface area contributed by atoms with Crippen LogP contribution in [0.4, 0.5) is 11.4 Å². The Bertz CT molecular complexity index is 1550. The average Bonchev–Trinajstić information content (AvgIpc) is 3.04. The number of halogens is 2. The van der Waals surface area contributed by atoms with E-state index < -0.39 is 0 Å². The van der Waals surface area contributed by atoms with Crippen molar-refractivity contribution in [2.24, 2.45) is 9.98 Å². The van der Waals surface area contributed by atoms with Crippen LogP contribution in [0, 0.1) is 0 Å². The first-order valence-corrected chi connectivity index (χ1v) is 17.3. The summed E-state index contributed by atoms with van der Waals surface area (Å²) in [5.41, 5.74) is 9.69. The summed E-state index contributed by atoms with van der Waals surface area (Å²) in [6, 6.07) is 43.5. The second-order valence-corrected chi connectivity index (χ2v) is 12.4. The molecule has 0 fully saturated rings. The van der Waals surface area contributed by atoms with Gasteiger partial charge in [-0.15, -0.1) is 0 Å². The molecule has 0 saturated carbocycles. The summed E-state index contributed by atoms with van der Waals surface area (Å²) in [6.07, 6.45) is 0. The molecule has 0 N–H and O–H groups in total. The zero-order valence-corrected chi connectivity index (χ0v) is 27.3. The molecule has 43 heavy (non-hydrogen) atoms. The Kier molecular flexibility index (Phi) is 12.3. The molecule has 5 rings (SSSR count). The van der Waals surface area contributed by atoms with Gasteiger partial charge in [-0.1, -0.05) is 131 Å². The molecule has 6 heteroatoms. The predicted octanol–water partition coefficient (Wildman–Crippen LogP) is 11.0. The van der Waals surface area contributed by atoms with Crippen molar-refractivity contribution in [3.8, 4) is 0 Å². The van der Waals surface area contributed by atoms with Gasteiger partial charge in [-0.3, -0.25) is 0 Å². The van der Waals surface area contributed by atoms with E-state index in [-0.39, 0.29) is 13.1 Å². The zero-order valence-electron chi connectivity index (χ0n) is 24.7. The maximum atomic E-state index is 5.23. The van der Waals surface area contributed by atoms with Crippen molar-refractivity contribution >= 4 is 43.0 Å². The van der Waals surface area contributed by atoms with Crippen LogP contribution >= 0.6 is 20.2 Å². The molecule has 0 unspecified atom stereocenters. The summed E-state index contributed by atoms with van der Waals surface area (Å²) in [5.74, 6) is 0.711. The van der Waals surface area contributed by atoms with Crippen molar-refractivity contribution in [1.29, 1.82) is 0 Å². The summed E-state index contributed by atoms with van der Waals surface area (Å²) in [7, 11) is 9.53. The number of aromatic nitrogens is 1. The third-order valence-electron chi connectivity index (χ3n) is 6.91. The third kappa shape index (κ3) is 8.75. The normalized spacial score (nSPS) is 11.9. The first-order chi connectivity index (χ1) is 20.9. The second kappa shape index (κ2) is 16.4. The van der Waals surface area contributed by atoms with E-state index in [1.807, 2.05) is 60.7 Å². The van der Waals surface area contributed by atoms with Crippen molar-refractivity contribution in [3.63, 3.8) is 0 Å². The van der Waals surface area contributed by atoms with Gasteiger partial charge < -0.3 is 0 Å². The van der Waals surface area contributed by atoms with Gasteiger partial charge in [-0.2, -0.15) is 0 Å². The van der Waals surface area contributed by atoms with Crippen LogP contribution < -0.4 is 0 Å². The van der Waals surface area contributed by atoms with E-state index in [2.05, 4.69) is 94.4 Å². The molecule has 4 aromatic carbocycles. The van der Waals surface area contributed by atoms with E-state index in [1.165, 1.54) is 11.1 Å². The fraction of sp³-hybridized carbons (Fsp3) is 0.162. The van der Waals surface area contributed by atoms with Gasteiger partial charge in [-0.25, -0.2) is 15.0 Å². The zero-order chi connectivity index (χ0) is 30.6. The molecule has 1 heterocycles. The fourth-order valence-corrected chi connectivity index (χ4v) is 4.83. The Morgan fingerprint density at radius 3 is 1.23 bits per heavy atom. The standard InChI is InChI=1S/C37H35N3.2ClH.Fe/c1-26(2)30-20-11-13-22-32(30)39-36(28-16-7-5-8-17-28)34-24-15-25-35(38-34)37(29-18-9-6-10-19-29)40-33-23-14-12-21-31(33)27(3)4;;;/h5-27H,1-4H3;2*1H;/q;;;+2/p-2. The Morgan fingerprint density at radius 1 is 0.512 bits per heavy atom. The minimum absolute atomic E-state index is 0.194. The summed E-state index contributed by atoms with van der Waals surface area (Å²) in [4.78, 5) is 15.7. The Hall–Kier alpha value is -3.53. The van der Waals surface area contributed by atoms with Crippen molar-refractivity contribution in [1.82, 2.24) is 4.98 Å². The van der Waals surface area contributed by atoms with Gasteiger partial charge in [0.2, 0.25) is 0 Å². The van der Waals surface area contributed by atoms with Crippen molar-refractivity contribution in [3.05, 3.63) is 161 Å². The van der Waals surface area contributed by atoms with Gasteiger partial charge in [0.25, 0.3) is 0 Å². The second-order valence-electron chi connectivity index (χ2n) is 10.5. The van der Waals surface area contributed by atoms with Gasteiger partial charge in [0, 0.05) is 11.1 Å². The molecule has 0 aliphatic rings. The van der Waals surface area contributed by atoms with Crippen molar-refractivity contribution < 1.29 is 13.1 Å². The topological polar surface area (TPSA) is 37.6 Å². The van der Waals surface area contributed by atoms with Crippen molar-refractivity contribution in [2.75, 3.05) is 0 Å². The van der Waals surface area contributed by atoms with E-state index >= 15 is 0 Å². The Balaban J connectivity index is 0.00000135. The summed E-state index contributed by atoms with van der Waals surface area (Å²) >= 11 is 0.194. The van der Waals surface area contributed by atoms with Crippen LogP contribution in [-0.2, 0) is 13.1 Å². The number of hydrogen-bond donors (Lipinski definition) is 0. The van der Waals surface area contributed by atoms with Gasteiger partial charge in [0.15, 0.2) is 0 Å². The molecule has 0 saturated heterocycles. The molecule has 0 amide bonds. The number of hydrogen-bond acceptors (Lipinski definition) is 3. The number of nitrogens with zero attached hydrogens (tertiary/aromatic N) is 3. The summed E-state index contributed by atoms with van der Waals surface area (Å²) in [6.45, 7) is 8.81. The Labute approximate surface area is 270 Å². The number of aliphatic imine (C=N–C) groups is 2. The molecule has 1 aromatic heterocycles. The fourth-order valence-electron chi connectivity index (χ4n) is 4.83. The molecular weight excluding hydrogens is 613 g/mol. The molecule has 0 aliphatic carbocycles. The molecule has 0 spiro atoms. The first-order valence-electron chi connectivity index (χ1n) is 14.2. The monoisotopic (exact) mass is 647 g/mol. The van der Waals surface area contributed by atoms with Gasteiger partial charge >= 0.3 is 33.3 Å². The average molecular weight is 648 g/mol. The molecular formula is C37H35Cl2FeN3. The van der Waals surface area contributed by atoms with E-state index in [9.17, 15) is 0 Å². The number of benzene rings is 4. The third-order valence-corrected chi connectivity index (χ3v) is 6.91. The predicted molar refractivity (Wildman–Crippen MR) is 180 cm³/mol. The van der Waals surface area contributed by atoms with E-state index in [0.29, 0.717) is 11.8 Å². The maximum absolute atomic E-state index is 5.23. The van der Waals surface area contributed by atoms with Crippen LogP contribution in [0.5, 0.6) is 0 Å². The molecule has 220 valence electrons. The summed E-state index contributed by atoms with van der Waals surface area (Å²) in [5, 5.41) is 0. The number of pyridine rings is 1. The molecule has 0 atom stereocenters. The van der Waals surface area contributed by atoms with Crippen LogP contribution in [0.1, 0.15) is 73.2 Å². The van der Waals surface area contributed by atoms with E-state index in [4.69, 9.17) is 35.2 Å². The van der Waals surface area contributed by atoms with E-state index in [0.717, 1.165) is 45.3 Å². The van der Waals surface area contributed by atoms with Crippen LogP contribution in [-0.4, -0.2) is 16.4 Å². The minimum atomic E-state index is 0.194. The molecule has 5 aromatic rings. The van der Waals surface area contributed by atoms with Crippen LogP contribution in [0.25, 0.3) is 0 Å².